The molecule has 0 fully saturated rings. The first-order valence-corrected chi connectivity index (χ1v) is 6.55. The fourth-order valence-electron chi connectivity index (χ4n) is 2.38. The summed E-state index contributed by atoms with van der Waals surface area (Å²) < 4.78 is 3.96. The van der Waals surface area contributed by atoms with E-state index >= 15 is 0 Å². The molecule has 0 aliphatic carbocycles. The molecule has 2 heterocycles. The van der Waals surface area contributed by atoms with Crippen LogP contribution in [0.25, 0.3) is 5.69 Å². The van der Waals surface area contributed by atoms with Gasteiger partial charge >= 0.3 is 0 Å². The average molecular weight is 267 g/mol. The number of hydrogen-bond donors (Lipinski definition) is 1. The van der Waals surface area contributed by atoms with Gasteiger partial charge in [-0.1, -0.05) is 18.2 Å². The summed E-state index contributed by atoms with van der Waals surface area (Å²) in [6.45, 7) is 0. The highest BCUT2D eigenvalue weighted by atomic mass is 15.3. The van der Waals surface area contributed by atoms with E-state index in [1.54, 1.807) is 0 Å². The van der Waals surface area contributed by atoms with E-state index in [1.165, 1.54) is 0 Å². The van der Waals surface area contributed by atoms with Crippen molar-refractivity contribution in [3.63, 3.8) is 0 Å². The number of aryl methyl sites for hydroxylation is 1. The second kappa shape index (κ2) is 5.30. The number of nitrogens with zero attached hydrogens (tertiary/aromatic N) is 4. The van der Waals surface area contributed by atoms with Crippen LogP contribution in [0.2, 0.25) is 0 Å². The molecule has 5 heteroatoms. The molecule has 0 radical (unpaired) electrons. The highest BCUT2D eigenvalue weighted by Gasteiger charge is 2.20. The van der Waals surface area contributed by atoms with E-state index in [0.29, 0.717) is 0 Å². The molecule has 1 N–H and O–H groups in total. The molecule has 102 valence electrons. The van der Waals surface area contributed by atoms with Crippen LogP contribution in [-0.4, -0.2) is 26.4 Å². The highest BCUT2D eigenvalue weighted by molar-refractivity contribution is 5.34. The monoisotopic (exact) mass is 267 g/mol. The molecule has 0 aliphatic rings. The maximum Gasteiger partial charge on any atom is 0.131 e. The van der Waals surface area contributed by atoms with E-state index in [4.69, 9.17) is 0 Å². The van der Waals surface area contributed by atoms with Gasteiger partial charge in [-0.25, -0.2) is 9.67 Å². The summed E-state index contributed by atoms with van der Waals surface area (Å²) in [6.07, 6.45) is 5.57. The number of aromatic nitrogens is 4. The summed E-state index contributed by atoms with van der Waals surface area (Å²) in [5.74, 6) is 0.963. The Bertz CT molecular complexity index is 683. The van der Waals surface area contributed by atoms with Gasteiger partial charge in [-0.05, 0) is 25.2 Å². The molecule has 0 spiro atoms. The lowest BCUT2D eigenvalue weighted by atomic mass is 10.2. The summed E-state index contributed by atoms with van der Waals surface area (Å²) in [6, 6.07) is 12.1. The van der Waals surface area contributed by atoms with Crippen molar-refractivity contribution in [2.45, 2.75) is 6.04 Å². The summed E-state index contributed by atoms with van der Waals surface area (Å²) in [5, 5.41) is 7.75. The van der Waals surface area contributed by atoms with Crippen molar-refractivity contribution >= 4 is 0 Å². The van der Waals surface area contributed by atoms with E-state index in [9.17, 15) is 0 Å². The Kier molecular flexibility index (Phi) is 3.35. The second-order valence-corrected chi connectivity index (χ2v) is 4.62. The Labute approximate surface area is 117 Å². The Morgan fingerprint density at radius 3 is 2.55 bits per heavy atom. The largest absolute Gasteiger partial charge is 0.336 e. The minimum atomic E-state index is -0.00212. The summed E-state index contributed by atoms with van der Waals surface area (Å²) in [4.78, 5) is 4.44. The Hall–Kier alpha value is -2.40. The minimum Gasteiger partial charge on any atom is -0.336 e. The molecular weight excluding hydrogens is 250 g/mol. The van der Waals surface area contributed by atoms with Gasteiger partial charge in [0.05, 0.1) is 11.4 Å². The smallest absolute Gasteiger partial charge is 0.131 e. The second-order valence-electron chi connectivity index (χ2n) is 4.62. The number of para-hydroxylation sites is 1. The van der Waals surface area contributed by atoms with Crippen molar-refractivity contribution in [2.24, 2.45) is 7.05 Å². The Morgan fingerprint density at radius 1 is 1.10 bits per heavy atom. The van der Waals surface area contributed by atoms with Crippen LogP contribution >= 0.6 is 0 Å². The zero-order valence-electron chi connectivity index (χ0n) is 11.6. The van der Waals surface area contributed by atoms with E-state index in [-0.39, 0.29) is 6.04 Å². The molecule has 1 unspecified atom stereocenters. The third-order valence-corrected chi connectivity index (χ3v) is 3.37. The fraction of sp³-hybridized carbons (Fsp3) is 0.200. The van der Waals surface area contributed by atoms with Crippen LogP contribution in [0.1, 0.15) is 17.6 Å². The van der Waals surface area contributed by atoms with Crippen molar-refractivity contribution in [2.75, 3.05) is 7.05 Å². The highest BCUT2D eigenvalue weighted by Crippen LogP contribution is 2.22. The molecule has 2 aromatic heterocycles. The first kappa shape index (κ1) is 12.6. The number of imidazole rings is 1. The molecular formula is C15H17N5. The topological polar surface area (TPSA) is 47.7 Å². The molecule has 0 saturated carbocycles. The number of hydrogen-bond acceptors (Lipinski definition) is 3. The molecule has 0 bridgehead atoms. The molecule has 0 saturated heterocycles. The van der Waals surface area contributed by atoms with Crippen molar-refractivity contribution in [3.05, 3.63) is 66.5 Å². The standard InChI is InChI=1S/C15H17N5/c1-16-14(15-17-10-11-19(15)2)13-8-9-18-20(13)12-6-4-3-5-7-12/h3-11,14,16H,1-2H3. The van der Waals surface area contributed by atoms with Gasteiger partial charge < -0.3 is 9.88 Å². The molecule has 20 heavy (non-hydrogen) atoms. The van der Waals surface area contributed by atoms with Crippen LogP contribution in [0, 0.1) is 0 Å². The van der Waals surface area contributed by atoms with Gasteiger partial charge in [-0.3, -0.25) is 0 Å². The summed E-state index contributed by atoms with van der Waals surface area (Å²) >= 11 is 0. The predicted octanol–water partition coefficient (Wildman–Crippen LogP) is 1.91. The van der Waals surface area contributed by atoms with Gasteiger partial charge in [0.25, 0.3) is 0 Å². The van der Waals surface area contributed by atoms with Gasteiger partial charge in [-0.15, -0.1) is 0 Å². The lowest BCUT2D eigenvalue weighted by molar-refractivity contribution is 0.582. The number of rotatable bonds is 4. The third kappa shape index (κ3) is 2.12. The quantitative estimate of drug-likeness (QED) is 0.785. The van der Waals surface area contributed by atoms with Crippen LogP contribution in [0.5, 0.6) is 0 Å². The van der Waals surface area contributed by atoms with Gasteiger partial charge in [0.2, 0.25) is 0 Å². The van der Waals surface area contributed by atoms with Crippen LogP contribution in [0.4, 0.5) is 0 Å². The van der Waals surface area contributed by atoms with Gasteiger partial charge in [0.15, 0.2) is 0 Å². The summed E-state index contributed by atoms with van der Waals surface area (Å²) in [5.41, 5.74) is 2.11. The van der Waals surface area contributed by atoms with E-state index < -0.39 is 0 Å². The van der Waals surface area contributed by atoms with Crippen molar-refractivity contribution in [1.29, 1.82) is 0 Å². The Balaban J connectivity index is 2.07. The zero-order chi connectivity index (χ0) is 13.9. The van der Waals surface area contributed by atoms with Crippen LogP contribution < -0.4 is 5.32 Å². The maximum atomic E-state index is 4.44. The lowest BCUT2D eigenvalue weighted by Gasteiger charge is -2.17. The first-order valence-electron chi connectivity index (χ1n) is 6.55. The number of benzene rings is 1. The molecule has 3 rings (SSSR count). The Morgan fingerprint density at radius 2 is 1.90 bits per heavy atom. The van der Waals surface area contributed by atoms with Crippen LogP contribution in [0.3, 0.4) is 0 Å². The predicted molar refractivity (Wildman–Crippen MR) is 77.7 cm³/mol. The maximum absolute atomic E-state index is 4.44. The SMILES string of the molecule is CNC(c1nccn1C)c1ccnn1-c1ccccc1. The molecule has 5 nitrogen and oxygen atoms in total. The van der Waals surface area contributed by atoms with Crippen molar-refractivity contribution < 1.29 is 0 Å². The lowest BCUT2D eigenvalue weighted by Crippen LogP contribution is -2.24. The molecule has 1 atom stereocenters. The number of nitrogens with one attached hydrogen (secondary N) is 1. The van der Waals surface area contributed by atoms with Crippen LogP contribution in [0.15, 0.2) is 55.0 Å². The van der Waals surface area contributed by atoms with E-state index in [1.807, 2.05) is 78.3 Å². The molecule has 3 aromatic rings. The fourth-order valence-corrected chi connectivity index (χ4v) is 2.38. The van der Waals surface area contributed by atoms with E-state index in [2.05, 4.69) is 15.4 Å². The molecule has 0 aliphatic heterocycles. The molecule has 0 amide bonds. The van der Waals surface area contributed by atoms with Crippen molar-refractivity contribution in [3.8, 4) is 5.69 Å². The normalized spacial score (nSPS) is 12.5. The van der Waals surface area contributed by atoms with Crippen molar-refractivity contribution in [1.82, 2.24) is 24.6 Å². The van der Waals surface area contributed by atoms with E-state index in [0.717, 1.165) is 17.2 Å². The third-order valence-electron chi connectivity index (χ3n) is 3.37. The van der Waals surface area contributed by atoms with Gasteiger partial charge in [0, 0.05) is 25.6 Å². The van der Waals surface area contributed by atoms with Gasteiger partial charge in [0.1, 0.15) is 11.9 Å². The van der Waals surface area contributed by atoms with Crippen LogP contribution in [-0.2, 0) is 7.05 Å². The zero-order valence-corrected chi connectivity index (χ0v) is 11.6. The molecule has 1 aromatic carbocycles. The summed E-state index contributed by atoms with van der Waals surface area (Å²) in [7, 11) is 3.93. The first-order chi connectivity index (χ1) is 9.81. The van der Waals surface area contributed by atoms with Gasteiger partial charge in [-0.2, -0.15) is 5.10 Å². The minimum absolute atomic E-state index is 0.00212. The average Bonchev–Trinajstić information content (AvgIpc) is 3.11.